The first kappa shape index (κ1) is 15.7. The van der Waals surface area contributed by atoms with E-state index < -0.39 is 0 Å². The summed E-state index contributed by atoms with van der Waals surface area (Å²) in [7, 11) is 1.89. The van der Waals surface area contributed by atoms with Gasteiger partial charge in [-0.2, -0.15) is 5.10 Å². The Morgan fingerprint density at radius 3 is 2.92 bits per heavy atom. The summed E-state index contributed by atoms with van der Waals surface area (Å²) in [4.78, 5) is 11.1. The first-order chi connectivity index (χ1) is 12.3. The number of rotatable bonds is 5. The van der Waals surface area contributed by atoms with Crippen molar-refractivity contribution in [2.24, 2.45) is 7.05 Å². The summed E-state index contributed by atoms with van der Waals surface area (Å²) in [5.74, 6) is 2.49. The predicted octanol–water partition coefficient (Wildman–Crippen LogP) is 2.42. The minimum atomic E-state index is -0.0527. The maximum atomic E-state index is 6.12. The van der Waals surface area contributed by atoms with Gasteiger partial charge in [-0.15, -0.1) is 0 Å². The number of para-hydroxylation sites is 2. The molecule has 7 heteroatoms. The molecule has 1 atom stereocenters. The molecule has 0 spiro atoms. The standard InChI is InChI=1S/C18H21N5O2/c1-3-8-23(18-14-9-21-22(2)17(14)19-12-20-18)10-13-11-24-15-6-4-5-7-16(15)25-13/h4-7,9,12-13H,3,8,10-11H2,1-2H3. The molecule has 0 saturated heterocycles. The quantitative estimate of drug-likeness (QED) is 0.711. The number of hydrogen-bond acceptors (Lipinski definition) is 6. The molecule has 0 bridgehead atoms. The number of anilines is 1. The van der Waals surface area contributed by atoms with Gasteiger partial charge in [-0.25, -0.2) is 9.97 Å². The summed E-state index contributed by atoms with van der Waals surface area (Å²) in [6, 6.07) is 7.78. The van der Waals surface area contributed by atoms with Crippen LogP contribution in [0.2, 0.25) is 0 Å². The second kappa shape index (κ2) is 6.58. The molecule has 0 aliphatic carbocycles. The van der Waals surface area contributed by atoms with Crippen molar-refractivity contribution in [2.45, 2.75) is 19.4 Å². The molecule has 0 radical (unpaired) electrons. The van der Waals surface area contributed by atoms with Crippen LogP contribution in [0.3, 0.4) is 0 Å². The number of aryl methyl sites for hydroxylation is 1. The first-order valence-electron chi connectivity index (χ1n) is 8.52. The summed E-state index contributed by atoms with van der Waals surface area (Å²) >= 11 is 0. The van der Waals surface area contributed by atoms with Crippen molar-refractivity contribution in [1.29, 1.82) is 0 Å². The van der Waals surface area contributed by atoms with Crippen LogP contribution in [0.4, 0.5) is 5.82 Å². The smallest absolute Gasteiger partial charge is 0.163 e. The zero-order chi connectivity index (χ0) is 17.2. The van der Waals surface area contributed by atoms with Crippen molar-refractivity contribution in [2.75, 3.05) is 24.6 Å². The van der Waals surface area contributed by atoms with Crippen LogP contribution in [-0.2, 0) is 7.05 Å². The Morgan fingerprint density at radius 2 is 2.08 bits per heavy atom. The highest BCUT2D eigenvalue weighted by atomic mass is 16.6. The van der Waals surface area contributed by atoms with E-state index in [0.717, 1.165) is 41.3 Å². The molecule has 3 heterocycles. The molecule has 130 valence electrons. The Labute approximate surface area is 146 Å². The Kier molecular flexibility index (Phi) is 4.13. The van der Waals surface area contributed by atoms with Crippen LogP contribution in [0, 0.1) is 0 Å². The van der Waals surface area contributed by atoms with Crippen molar-refractivity contribution in [3.05, 3.63) is 36.8 Å². The molecule has 1 aromatic carbocycles. The van der Waals surface area contributed by atoms with E-state index in [1.54, 1.807) is 11.0 Å². The van der Waals surface area contributed by atoms with Gasteiger partial charge in [-0.05, 0) is 18.6 Å². The lowest BCUT2D eigenvalue weighted by molar-refractivity contribution is 0.0951. The van der Waals surface area contributed by atoms with Gasteiger partial charge in [-0.3, -0.25) is 4.68 Å². The minimum absolute atomic E-state index is 0.0527. The van der Waals surface area contributed by atoms with E-state index >= 15 is 0 Å². The highest BCUT2D eigenvalue weighted by Gasteiger charge is 2.24. The van der Waals surface area contributed by atoms with E-state index in [-0.39, 0.29) is 6.10 Å². The molecule has 3 aromatic rings. The Hall–Kier alpha value is -2.83. The molecule has 1 aliphatic heterocycles. The number of aromatic nitrogens is 4. The third kappa shape index (κ3) is 2.97. The number of benzene rings is 1. The van der Waals surface area contributed by atoms with Crippen LogP contribution < -0.4 is 14.4 Å². The number of nitrogens with zero attached hydrogens (tertiary/aromatic N) is 5. The number of hydrogen-bond donors (Lipinski definition) is 0. The summed E-state index contributed by atoms with van der Waals surface area (Å²) in [6.45, 7) is 4.26. The molecule has 1 aliphatic rings. The zero-order valence-corrected chi connectivity index (χ0v) is 14.4. The van der Waals surface area contributed by atoms with Gasteiger partial charge >= 0.3 is 0 Å². The van der Waals surface area contributed by atoms with E-state index in [1.807, 2.05) is 37.5 Å². The van der Waals surface area contributed by atoms with Gasteiger partial charge in [0, 0.05) is 13.6 Å². The van der Waals surface area contributed by atoms with Crippen LogP contribution in [-0.4, -0.2) is 45.5 Å². The second-order valence-electron chi connectivity index (χ2n) is 6.15. The largest absolute Gasteiger partial charge is 0.486 e. The minimum Gasteiger partial charge on any atom is -0.486 e. The van der Waals surface area contributed by atoms with Gasteiger partial charge < -0.3 is 14.4 Å². The summed E-state index contributed by atoms with van der Waals surface area (Å²) in [5, 5.41) is 5.26. The van der Waals surface area contributed by atoms with Gasteiger partial charge in [0.15, 0.2) is 23.3 Å². The first-order valence-corrected chi connectivity index (χ1v) is 8.52. The van der Waals surface area contributed by atoms with Gasteiger partial charge in [0.2, 0.25) is 0 Å². The molecule has 0 saturated carbocycles. The average Bonchev–Trinajstić information content (AvgIpc) is 3.03. The normalized spacial score (nSPS) is 16.2. The lowest BCUT2D eigenvalue weighted by Gasteiger charge is -2.32. The maximum absolute atomic E-state index is 6.12. The topological polar surface area (TPSA) is 65.3 Å². The van der Waals surface area contributed by atoms with Gasteiger partial charge in [0.1, 0.15) is 18.8 Å². The predicted molar refractivity (Wildman–Crippen MR) is 95.2 cm³/mol. The molecule has 0 N–H and O–H groups in total. The SMILES string of the molecule is CCCN(CC1COc2ccccc2O1)c1ncnc2c1cnn2C. The number of fused-ring (bicyclic) bond motifs is 2. The summed E-state index contributed by atoms with van der Waals surface area (Å²) < 4.78 is 13.7. The van der Waals surface area contributed by atoms with Gasteiger partial charge in [0.25, 0.3) is 0 Å². The van der Waals surface area contributed by atoms with Crippen LogP contribution in [0.15, 0.2) is 36.8 Å². The van der Waals surface area contributed by atoms with Crippen LogP contribution in [0.5, 0.6) is 11.5 Å². The molecular formula is C18H21N5O2. The molecular weight excluding hydrogens is 318 g/mol. The molecule has 1 unspecified atom stereocenters. The van der Waals surface area contributed by atoms with E-state index in [2.05, 4.69) is 26.9 Å². The molecule has 0 amide bonds. The summed E-state index contributed by atoms with van der Waals surface area (Å²) in [6.07, 6.45) is 4.37. The zero-order valence-electron chi connectivity index (χ0n) is 14.4. The number of ether oxygens (including phenoxy) is 2. The average molecular weight is 339 g/mol. The van der Waals surface area contributed by atoms with Crippen molar-refractivity contribution in [3.8, 4) is 11.5 Å². The third-order valence-corrected chi connectivity index (χ3v) is 4.29. The molecule has 0 fully saturated rings. The molecule has 25 heavy (non-hydrogen) atoms. The van der Waals surface area contributed by atoms with Crippen LogP contribution in [0.25, 0.3) is 11.0 Å². The molecule has 7 nitrogen and oxygen atoms in total. The fourth-order valence-electron chi connectivity index (χ4n) is 3.15. The van der Waals surface area contributed by atoms with Crippen LogP contribution >= 0.6 is 0 Å². The Morgan fingerprint density at radius 1 is 1.24 bits per heavy atom. The lowest BCUT2D eigenvalue weighted by atomic mass is 10.2. The van der Waals surface area contributed by atoms with Crippen molar-refractivity contribution < 1.29 is 9.47 Å². The Bertz CT molecular complexity index is 879. The molecule has 4 rings (SSSR count). The highest BCUT2D eigenvalue weighted by Crippen LogP contribution is 2.31. The van der Waals surface area contributed by atoms with Gasteiger partial charge in [-0.1, -0.05) is 19.1 Å². The Balaban J connectivity index is 1.60. The maximum Gasteiger partial charge on any atom is 0.163 e. The van der Waals surface area contributed by atoms with Gasteiger partial charge in [0.05, 0.1) is 18.1 Å². The van der Waals surface area contributed by atoms with Crippen molar-refractivity contribution >= 4 is 16.9 Å². The summed E-state index contributed by atoms with van der Waals surface area (Å²) in [5.41, 5.74) is 0.831. The van der Waals surface area contributed by atoms with E-state index in [1.165, 1.54) is 0 Å². The fourth-order valence-corrected chi connectivity index (χ4v) is 3.15. The van der Waals surface area contributed by atoms with E-state index in [4.69, 9.17) is 9.47 Å². The van der Waals surface area contributed by atoms with E-state index in [0.29, 0.717) is 13.2 Å². The van der Waals surface area contributed by atoms with E-state index in [9.17, 15) is 0 Å². The van der Waals surface area contributed by atoms with Crippen molar-refractivity contribution in [1.82, 2.24) is 19.7 Å². The highest BCUT2D eigenvalue weighted by molar-refractivity contribution is 5.86. The lowest BCUT2D eigenvalue weighted by Crippen LogP contribution is -2.41. The second-order valence-corrected chi connectivity index (χ2v) is 6.15. The fraction of sp³-hybridized carbons (Fsp3) is 0.389. The van der Waals surface area contributed by atoms with Crippen LogP contribution in [0.1, 0.15) is 13.3 Å². The third-order valence-electron chi connectivity index (χ3n) is 4.29. The monoisotopic (exact) mass is 339 g/mol. The van der Waals surface area contributed by atoms with Crippen molar-refractivity contribution in [3.63, 3.8) is 0 Å². The molecule has 2 aromatic heterocycles.